The van der Waals surface area contributed by atoms with E-state index in [1.54, 1.807) is 0 Å². The van der Waals surface area contributed by atoms with Crippen molar-refractivity contribution in [2.75, 3.05) is 4.90 Å². The van der Waals surface area contributed by atoms with Gasteiger partial charge in [-0.1, -0.05) is 151 Å². The van der Waals surface area contributed by atoms with Crippen molar-refractivity contribution in [3.8, 4) is 44.5 Å². The Morgan fingerprint density at radius 2 is 0.533 bits per heavy atom. The summed E-state index contributed by atoms with van der Waals surface area (Å²) in [5.74, 6) is 0. The third-order valence-corrected chi connectivity index (χ3v) is 8.36. The second kappa shape index (κ2) is 12.5. The minimum Gasteiger partial charge on any atom is -0.311 e. The number of rotatable bonds is 7. The van der Waals surface area contributed by atoms with Crippen LogP contribution in [0, 0.1) is 13.8 Å². The van der Waals surface area contributed by atoms with Crippen molar-refractivity contribution in [1.82, 2.24) is 0 Å². The highest BCUT2D eigenvalue weighted by Crippen LogP contribution is 2.38. The van der Waals surface area contributed by atoms with Gasteiger partial charge < -0.3 is 4.90 Å². The van der Waals surface area contributed by atoms with E-state index in [1.807, 2.05) is 0 Å². The molecule has 7 rings (SSSR count). The van der Waals surface area contributed by atoms with Crippen LogP contribution in [0.4, 0.5) is 17.1 Å². The van der Waals surface area contributed by atoms with Gasteiger partial charge >= 0.3 is 0 Å². The Morgan fingerprint density at radius 1 is 0.267 bits per heavy atom. The lowest BCUT2D eigenvalue weighted by Crippen LogP contribution is -2.09. The Balaban J connectivity index is 1.21. The first-order chi connectivity index (χ1) is 22.1. The van der Waals surface area contributed by atoms with Crippen LogP contribution in [0.25, 0.3) is 44.5 Å². The van der Waals surface area contributed by atoms with Crippen LogP contribution in [0.3, 0.4) is 0 Å². The van der Waals surface area contributed by atoms with Crippen LogP contribution in [0.2, 0.25) is 0 Å². The third-order valence-electron chi connectivity index (χ3n) is 8.36. The van der Waals surface area contributed by atoms with Gasteiger partial charge in [-0.15, -0.1) is 0 Å². The van der Waals surface area contributed by atoms with E-state index in [1.165, 1.54) is 55.6 Å². The van der Waals surface area contributed by atoms with E-state index in [2.05, 4.69) is 195 Å². The molecule has 0 aromatic heterocycles. The fourth-order valence-electron chi connectivity index (χ4n) is 6.11. The summed E-state index contributed by atoms with van der Waals surface area (Å²) < 4.78 is 0. The summed E-state index contributed by atoms with van der Waals surface area (Å²) in [5.41, 5.74) is 15.7. The molecule has 0 aliphatic heterocycles. The van der Waals surface area contributed by atoms with Crippen molar-refractivity contribution in [3.63, 3.8) is 0 Å². The van der Waals surface area contributed by atoms with Crippen molar-refractivity contribution < 1.29 is 0 Å². The first-order valence-electron chi connectivity index (χ1n) is 15.5. The van der Waals surface area contributed by atoms with E-state index in [9.17, 15) is 0 Å². The average Bonchev–Trinajstić information content (AvgIpc) is 3.10. The van der Waals surface area contributed by atoms with Gasteiger partial charge in [0.05, 0.1) is 0 Å². The molecule has 7 aromatic rings. The summed E-state index contributed by atoms with van der Waals surface area (Å²) in [6.45, 7) is 4.32. The number of hydrogen-bond acceptors (Lipinski definition) is 1. The second-order valence-electron chi connectivity index (χ2n) is 11.7. The zero-order chi connectivity index (χ0) is 30.6. The minimum absolute atomic E-state index is 1.12. The maximum Gasteiger partial charge on any atom is 0.0462 e. The van der Waals surface area contributed by atoms with E-state index in [-0.39, 0.29) is 0 Å². The summed E-state index contributed by atoms with van der Waals surface area (Å²) in [6.07, 6.45) is 0. The van der Waals surface area contributed by atoms with Crippen LogP contribution >= 0.6 is 0 Å². The topological polar surface area (TPSA) is 3.24 Å². The first kappa shape index (κ1) is 28.1. The number of aryl methyl sites for hydroxylation is 2. The van der Waals surface area contributed by atoms with Gasteiger partial charge in [0.2, 0.25) is 0 Å². The molecule has 0 amide bonds. The van der Waals surface area contributed by atoms with Gasteiger partial charge in [-0.25, -0.2) is 0 Å². The molecular formula is C44H35N. The standard InChI is InChI=1S/C44H35N/c1-32-29-33(2)31-41(30-32)40-15-13-36(14-16-40)39-21-27-44(28-22-39)45(42-23-17-37(18-24-42)34-9-5-3-6-10-34)43-25-19-38(20-26-43)35-11-7-4-8-12-35/h3-31H,1-2H3. The zero-order valence-corrected chi connectivity index (χ0v) is 25.7. The van der Waals surface area contributed by atoms with Gasteiger partial charge in [0.15, 0.2) is 0 Å². The SMILES string of the molecule is Cc1cc(C)cc(-c2ccc(-c3ccc(N(c4ccc(-c5ccccc5)cc4)c4ccc(-c5ccccc5)cc4)cc3)cc2)c1. The van der Waals surface area contributed by atoms with Gasteiger partial charge in [0.25, 0.3) is 0 Å². The first-order valence-corrected chi connectivity index (χ1v) is 15.5. The van der Waals surface area contributed by atoms with E-state index in [0.717, 1.165) is 17.1 Å². The van der Waals surface area contributed by atoms with Gasteiger partial charge in [0, 0.05) is 17.1 Å². The quantitative estimate of drug-likeness (QED) is 0.182. The third kappa shape index (κ3) is 6.20. The molecule has 216 valence electrons. The van der Waals surface area contributed by atoms with Crippen molar-refractivity contribution in [2.24, 2.45) is 0 Å². The molecule has 0 atom stereocenters. The van der Waals surface area contributed by atoms with Gasteiger partial charge in [-0.2, -0.15) is 0 Å². The number of nitrogens with zero attached hydrogens (tertiary/aromatic N) is 1. The van der Waals surface area contributed by atoms with Gasteiger partial charge in [0.1, 0.15) is 0 Å². The molecule has 0 heterocycles. The second-order valence-corrected chi connectivity index (χ2v) is 11.7. The highest BCUT2D eigenvalue weighted by atomic mass is 15.1. The Bertz CT molecular complexity index is 1900. The lowest BCUT2D eigenvalue weighted by molar-refractivity contribution is 1.28. The molecular weight excluding hydrogens is 542 g/mol. The van der Waals surface area contributed by atoms with Crippen LogP contribution in [-0.2, 0) is 0 Å². The molecule has 7 aromatic carbocycles. The summed E-state index contributed by atoms with van der Waals surface area (Å²) in [6, 6.07) is 63.3. The van der Waals surface area contributed by atoms with Gasteiger partial charge in [-0.05, 0) is 94.8 Å². The van der Waals surface area contributed by atoms with Crippen LogP contribution in [0.5, 0.6) is 0 Å². The fraction of sp³-hybridized carbons (Fsp3) is 0.0455. The van der Waals surface area contributed by atoms with Gasteiger partial charge in [-0.3, -0.25) is 0 Å². The Kier molecular flexibility index (Phi) is 7.83. The monoisotopic (exact) mass is 577 g/mol. The summed E-state index contributed by atoms with van der Waals surface area (Å²) in [5, 5.41) is 0. The molecule has 0 spiro atoms. The van der Waals surface area contributed by atoms with Crippen molar-refractivity contribution in [3.05, 3.63) is 187 Å². The molecule has 0 saturated carbocycles. The highest BCUT2D eigenvalue weighted by Gasteiger charge is 2.14. The van der Waals surface area contributed by atoms with E-state index in [4.69, 9.17) is 0 Å². The molecule has 0 saturated heterocycles. The van der Waals surface area contributed by atoms with Crippen LogP contribution < -0.4 is 4.90 Å². The lowest BCUT2D eigenvalue weighted by atomic mass is 9.98. The predicted octanol–water partition coefficient (Wildman–Crippen LogP) is 12.4. The Hall–Kier alpha value is -5.66. The van der Waals surface area contributed by atoms with Crippen molar-refractivity contribution in [2.45, 2.75) is 13.8 Å². The lowest BCUT2D eigenvalue weighted by Gasteiger charge is -2.26. The predicted molar refractivity (Wildman–Crippen MR) is 192 cm³/mol. The largest absolute Gasteiger partial charge is 0.311 e. The molecule has 0 aliphatic carbocycles. The molecule has 0 bridgehead atoms. The summed E-state index contributed by atoms with van der Waals surface area (Å²) in [4.78, 5) is 2.33. The van der Waals surface area contributed by atoms with Crippen LogP contribution in [0.15, 0.2) is 176 Å². The van der Waals surface area contributed by atoms with Crippen LogP contribution in [0.1, 0.15) is 11.1 Å². The number of benzene rings is 7. The molecule has 0 aliphatic rings. The molecule has 0 radical (unpaired) electrons. The smallest absolute Gasteiger partial charge is 0.0462 e. The van der Waals surface area contributed by atoms with E-state index >= 15 is 0 Å². The minimum atomic E-state index is 1.12. The number of hydrogen-bond donors (Lipinski definition) is 0. The summed E-state index contributed by atoms with van der Waals surface area (Å²) >= 11 is 0. The maximum absolute atomic E-state index is 2.33. The number of anilines is 3. The molecule has 0 fully saturated rings. The highest BCUT2D eigenvalue weighted by molar-refractivity contribution is 5.81. The molecule has 0 unspecified atom stereocenters. The van der Waals surface area contributed by atoms with Crippen LogP contribution in [-0.4, -0.2) is 0 Å². The maximum atomic E-state index is 2.33. The fourth-order valence-corrected chi connectivity index (χ4v) is 6.11. The molecule has 45 heavy (non-hydrogen) atoms. The normalized spacial score (nSPS) is 10.9. The van der Waals surface area contributed by atoms with Crippen molar-refractivity contribution in [1.29, 1.82) is 0 Å². The van der Waals surface area contributed by atoms with E-state index in [0.29, 0.717) is 0 Å². The Labute approximate surface area is 266 Å². The molecule has 0 N–H and O–H groups in total. The molecule has 1 heteroatoms. The van der Waals surface area contributed by atoms with E-state index < -0.39 is 0 Å². The zero-order valence-electron chi connectivity index (χ0n) is 25.7. The average molecular weight is 578 g/mol. The summed E-state index contributed by atoms with van der Waals surface area (Å²) in [7, 11) is 0. The molecule has 1 nitrogen and oxygen atoms in total. The van der Waals surface area contributed by atoms with Crippen molar-refractivity contribution >= 4 is 17.1 Å². The Morgan fingerprint density at radius 3 is 0.867 bits per heavy atom.